The lowest BCUT2D eigenvalue weighted by molar-refractivity contribution is 0.315. The topological polar surface area (TPSA) is 18.5 Å². The van der Waals surface area contributed by atoms with Gasteiger partial charge in [-0.2, -0.15) is 0 Å². The van der Waals surface area contributed by atoms with Crippen LogP contribution >= 0.6 is 15.9 Å². The monoisotopic (exact) mass is 366 g/mol. The fourth-order valence-electron chi connectivity index (χ4n) is 2.10. The van der Waals surface area contributed by atoms with Crippen LogP contribution < -0.4 is 9.47 Å². The minimum absolute atomic E-state index is 0.269. The van der Waals surface area contributed by atoms with Gasteiger partial charge in [0.25, 0.3) is 0 Å². The molecule has 2 aromatic rings. The Labute approximate surface area is 139 Å². The molecule has 2 aromatic carbocycles. The van der Waals surface area contributed by atoms with E-state index in [1.807, 2.05) is 18.2 Å². The molecule has 0 saturated carbocycles. The summed E-state index contributed by atoms with van der Waals surface area (Å²) in [4.78, 5) is 0. The van der Waals surface area contributed by atoms with Crippen molar-refractivity contribution in [2.24, 2.45) is 0 Å². The standard InChI is InChI=1S/C18H20BrFO2/c1-2-4-14-13-17(9-10-18(14)21-12-3-11-19)22-16-7-5-15(20)6-8-16/h5-10,13H,2-4,11-12H2,1H3. The van der Waals surface area contributed by atoms with E-state index in [1.165, 1.54) is 12.1 Å². The van der Waals surface area contributed by atoms with Crippen LogP contribution in [-0.2, 0) is 6.42 Å². The molecule has 0 atom stereocenters. The average Bonchev–Trinajstić information content (AvgIpc) is 2.52. The third-order valence-corrected chi connectivity index (χ3v) is 3.70. The van der Waals surface area contributed by atoms with Crippen LogP contribution in [0.15, 0.2) is 42.5 Å². The van der Waals surface area contributed by atoms with Crippen LogP contribution in [0.5, 0.6) is 17.2 Å². The van der Waals surface area contributed by atoms with Crippen LogP contribution in [0, 0.1) is 5.82 Å². The van der Waals surface area contributed by atoms with Crippen molar-refractivity contribution in [2.75, 3.05) is 11.9 Å². The Morgan fingerprint density at radius 1 is 1.05 bits per heavy atom. The minimum Gasteiger partial charge on any atom is -0.493 e. The molecule has 0 aliphatic rings. The molecule has 2 nitrogen and oxygen atoms in total. The van der Waals surface area contributed by atoms with Crippen LogP contribution in [0.4, 0.5) is 4.39 Å². The lowest BCUT2D eigenvalue weighted by atomic mass is 10.1. The van der Waals surface area contributed by atoms with Crippen molar-refractivity contribution >= 4 is 15.9 Å². The van der Waals surface area contributed by atoms with E-state index in [0.29, 0.717) is 12.4 Å². The van der Waals surface area contributed by atoms with Gasteiger partial charge >= 0.3 is 0 Å². The van der Waals surface area contributed by atoms with E-state index in [2.05, 4.69) is 22.9 Å². The highest BCUT2D eigenvalue weighted by Crippen LogP contribution is 2.29. The third kappa shape index (κ3) is 5.02. The second kappa shape index (κ2) is 8.79. The third-order valence-electron chi connectivity index (χ3n) is 3.14. The van der Waals surface area contributed by atoms with Gasteiger partial charge in [0.1, 0.15) is 23.1 Å². The van der Waals surface area contributed by atoms with Crippen LogP contribution in [-0.4, -0.2) is 11.9 Å². The van der Waals surface area contributed by atoms with Crippen molar-refractivity contribution in [1.29, 1.82) is 0 Å². The Bertz CT molecular complexity index is 584. The first-order valence-corrected chi connectivity index (χ1v) is 8.60. The first-order chi connectivity index (χ1) is 10.7. The van der Waals surface area contributed by atoms with Gasteiger partial charge in [0.2, 0.25) is 0 Å². The largest absolute Gasteiger partial charge is 0.493 e. The van der Waals surface area contributed by atoms with E-state index in [-0.39, 0.29) is 5.82 Å². The zero-order valence-corrected chi connectivity index (χ0v) is 14.2. The fraction of sp³-hybridized carbons (Fsp3) is 0.333. The van der Waals surface area contributed by atoms with Crippen molar-refractivity contribution in [1.82, 2.24) is 0 Å². The first kappa shape index (κ1) is 16.8. The van der Waals surface area contributed by atoms with Crippen LogP contribution in [0.3, 0.4) is 0 Å². The maximum Gasteiger partial charge on any atom is 0.127 e. The van der Waals surface area contributed by atoms with Crippen LogP contribution in [0.2, 0.25) is 0 Å². The van der Waals surface area contributed by atoms with Gasteiger partial charge in [-0.25, -0.2) is 4.39 Å². The van der Waals surface area contributed by atoms with E-state index in [4.69, 9.17) is 9.47 Å². The van der Waals surface area contributed by atoms with Crippen molar-refractivity contribution in [3.8, 4) is 17.2 Å². The van der Waals surface area contributed by atoms with E-state index in [1.54, 1.807) is 12.1 Å². The molecular formula is C18H20BrFO2. The van der Waals surface area contributed by atoms with E-state index >= 15 is 0 Å². The summed E-state index contributed by atoms with van der Waals surface area (Å²) in [5.41, 5.74) is 1.14. The van der Waals surface area contributed by atoms with Gasteiger partial charge in [0, 0.05) is 5.33 Å². The molecule has 0 saturated heterocycles. The second-order valence-corrected chi connectivity index (χ2v) is 5.76. The van der Waals surface area contributed by atoms with Gasteiger partial charge in [-0.3, -0.25) is 0 Å². The number of alkyl halides is 1. The number of hydrogen-bond acceptors (Lipinski definition) is 2. The van der Waals surface area contributed by atoms with E-state index in [0.717, 1.165) is 41.7 Å². The molecule has 0 aromatic heterocycles. The molecule has 0 N–H and O–H groups in total. The van der Waals surface area contributed by atoms with Gasteiger partial charge < -0.3 is 9.47 Å². The summed E-state index contributed by atoms with van der Waals surface area (Å²) in [5.74, 6) is 2.00. The van der Waals surface area contributed by atoms with Crippen LogP contribution in [0.1, 0.15) is 25.3 Å². The Balaban J connectivity index is 2.11. The summed E-state index contributed by atoms with van der Waals surface area (Å²) in [6, 6.07) is 11.8. The summed E-state index contributed by atoms with van der Waals surface area (Å²) in [6.45, 7) is 2.83. The normalized spacial score (nSPS) is 10.5. The first-order valence-electron chi connectivity index (χ1n) is 7.48. The van der Waals surface area contributed by atoms with Crippen molar-refractivity contribution in [3.63, 3.8) is 0 Å². The molecule has 0 radical (unpaired) electrons. The lowest BCUT2D eigenvalue weighted by Gasteiger charge is -2.13. The molecule has 4 heteroatoms. The summed E-state index contributed by atoms with van der Waals surface area (Å²) < 4.78 is 24.5. The predicted molar refractivity (Wildman–Crippen MR) is 90.8 cm³/mol. The van der Waals surface area contributed by atoms with Gasteiger partial charge in [0.15, 0.2) is 0 Å². The quantitative estimate of drug-likeness (QED) is 0.438. The number of rotatable bonds is 8. The molecule has 0 bridgehead atoms. The molecule has 22 heavy (non-hydrogen) atoms. The van der Waals surface area contributed by atoms with Gasteiger partial charge in [-0.1, -0.05) is 29.3 Å². The fourth-order valence-corrected chi connectivity index (χ4v) is 2.33. The van der Waals surface area contributed by atoms with Crippen molar-refractivity contribution in [3.05, 3.63) is 53.8 Å². The van der Waals surface area contributed by atoms with Gasteiger partial charge in [-0.15, -0.1) is 0 Å². The van der Waals surface area contributed by atoms with Crippen LogP contribution in [0.25, 0.3) is 0 Å². The molecule has 0 spiro atoms. The highest BCUT2D eigenvalue weighted by Gasteiger charge is 2.07. The highest BCUT2D eigenvalue weighted by atomic mass is 79.9. The second-order valence-electron chi connectivity index (χ2n) is 4.97. The van der Waals surface area contributed by atoms with Gasteiger partial charge in [0.05, 0.1) is 6.61 Å². The molecular weight excluding hydrogens is 347 g/mol. The smallest absolute Gasteiger partial charge is 0.127 e. The maximum atomic E-state index is 12.9. The maximum absolute atomic E-state index is 12.9. The zero-order chi connectivity index (χ0) is 15.8. The molecule has 0 amide bonds. The highest BCUT2D eigenvalue weighted by molar-refractivity contribution is 9.09. The number of hydrogen-bond donors (Lipinski definition) is 0. The Morgan fingerprint density at radius 3 is 2.45 bits per heavy atom. The predicted octanol–water partition coefficient (Wildman–Crippen LogP) is 5.73. The van der Waals surface area contributed by atoms with Crippen molar-refractivity contribution in [2.45, 2.75) is 26.2 Å². The summed E-state index contributed by atoms with van der Waals surface area (Å²) >= 11 is 3.40. The SMILES string of the molecule is CCCc1cc(Oc2ccc(F)cc2)ccc1OCCCBr. The number of ether oxygens (including phenoxy) is 2. The Kier molecular flexibility index (Phi) is 6.72. The van der Waals surface area contributed by atoms with Crippen molar-refractivity contribution < 1.29 is 13.9 Å². The summed E-state index contributed by atoms with van der Waals surface area (Å²) in [7, 11) is 0. The van der Waals surface area contributed by atoms with E-state index in [9.17, 15) is 4.39 Å². The summed E-state index contributed by atoms with van der Waals surface area (Å²) in [5, 5.41) is 0.932. The average molecular weight is 367 g/mol. The molecule has 0 fully saturated rings. The molecule has 0 aliphatic carbocycles. The zero-order valence-electron chi connectivity index (χ0n) is 12.6. The lowest BCUT2D eigenvalue weighted by Crippen LogP contribution is -2.01. The van der Waals surface area contributed by atoms with E-state index < -0.39 is 0 Å². The molecule has 2 rings (SSSR count). The Morgan fingerprint density at radius 2 is 1.77 bits per heavy atom. The number of benzene rings is 2. The summed E-state index contributed by atoms with van der Waals surface area (Å²) in [6.07, 6.45) is 2.94. The van der Waals surface area contributed by atoms with Gasteiger partial charge in [-0.05, 0) is 60.9 Å². The Hall–Kier alpha value is -1.55. The molecule has 0 aliphatic heterocycles. The number of aryl methyl sites for hydroxylation is 1. The minimum atomic E-state index is -0.269. The number of halogens is 2. The molecule has 0 heterocycles. The molecule has 0 unspecified atom stereocenters. The molecule has 118 valence electrons.